The lowest BCUT2D eigenvalue weighted by molar-refractivity contribution is 0.183. The lowest BCUT2D eigenvalue weighted by Crippen LogP contribution is -2.49. The van der Waals surface area contributed by atoms with Gasteiger partial charge in [-0.05, 0) is 32.3 Å². The molecule has 1 saturated heterocycles. The first-order chi connectivity index (χ1) is 12.6. The van der Waals surface area contributed by atoms with Crippen LogP contribution in [0.15, 0.2) is 47.5 Å². The average molecular weight is 486 g/mol. The van der Waals surface area contributed by atoms with Crippen molar-refractivity contribution in [3.63, 3.8) is 0 Å². The Labute approximate surface area is 181 Å². The van der Waals surface area contributed by atoms with E-state index in [-0.39, 0.29) is 24.0 Å². The van der Waals surface area contributed by atoms with Crippen molar-refractivity contribution < 1.29 is 5.11 Å². The second kappa shape index (κ2) is 13.1. The standard InChI is InChI=1S/C21H34N4O.HI/c1-4-22-21(23-15-20(26)14-18-8-6-5-7-9-18)24-19-10-12-25(13-11-19)16-17(2)3;/h5-9,19-20,26H,2,4,10-16H2,1,3H3,(H2,22,23,24);1H. The van der Waals surface area contributed by atoms with E-state index in [1.54, 1.807) is 0 Å². The normalized spacial score (nSPS) is 17.1. The molecule has 152 valence electrons. The quantitative estimate of drug-likeness (QED) is 0.229. The predicted molar refractivity (Wildman–Crippen MR) is 125 cm³/mol. The SMILES string of the molecule is C=C(C)CN1CCC(NC(=NCC(O)Cc2ccccc2)NCC)CC1.I. The molecule has 0 aromatic heterocycles. The van der Waals surface area contributed by atoms with Crippen molar-refractivity contribution in [1.82, 2.24) is 15.5 Å². The summed E-state index contributed by atoms with van der Waals surface area (Å²) in [4.78, 5) is 7.04. The average Bonchev–Trinajstić information content (AvgIpc) is 2.62. The molecule has 5 nitrogen and oxygen atoms in total. The number of aliphatic imine (C=N–C) groups is 1. The molecule has 1 fully saturated rings. The van der Waals surface area contributed by atoms with Crippen molar-refractivity contribution in [2.45, 2.75) is 45.3 Å². The molecule has 1 aromatic rings. The molecule has 0 bridgehead atoms. The number of piperidine rings is 1. The smallest absolute Gasteiger partial charge is 0.191 e. The number of benzene rings is 1. The number of nitrogens with one attached hydrogen (secondary N) is 2. The van der Waals surface area contributed by atoms with Gasteiger partial charge in [-0.15, -0.1) is 24.0 Å². The largest absolute Gasteiger partial charge is 0.391 e. The Bertz CT molecular complexity index is 571. The van der Waals surface area contributed by atoms with E-state index in [0.29, 0.717) is 19.0 Å². The van der Waals surface area contributed by atoms with Gasteiger partial charge < -0.3 is 15.7 Å². The van der Waals surface area contributed by atoms with E-state index in [9.17, 15) is 5.11 Å². The Morgan fingerprint density at radius 1 is 1.30 bits per heavy atom. The number of likely N-dealkylation sites (tertiary alicyclic amines) is 1. The van der Waals surface area contributed by atoms with Gasteiger partial charge in [0, 0.05) is 38.6 Å². The molecule has 2 rings (SSSR count). The van der Waals surface area contributed by atoms with Crippen molar-refractivity contribution in [3.05, 3.63) is 48.0 Å². The molecule has 0 aliphatic carbocycles. The van der Waals surface area contributed by atoms with Crippen LogP contribution in [0.25, 0.3) is 0 Å². The van der Waals surface area contributed by atoms with Gasteiger partial charge in [0.1, 0.15) is 0 Å². The lowest BCUT2D eigenvalue weighted by atomic mass is 10.0. The molecule has 1 aliphatic rings. The van der Waals surface area contributed by atoms with E-state index in [0.717, 1.165) is 50.5 Å². The fourth-order valence-electron chi connectivity index (χ4n) is 3.28. The summed E-state index contributed by atoms with van der Waals surface area (Å²) in [6, 6.07) is 10.5. The molecule has 1 atom stereocenters. The fourth-order valence-corrected chi connectivity index (χ4v) is 3.28. The Kier molecular flexibility index (Phi) is 11.6. The second-order valence-corrected chi connectivity index (χ2v) is 7.22. The summed E-state index contributed by atoms with van der Waals surface area (Å²) in [6.45, 7) is 12.5. The van der Waals surface area contributed by atoms with Crippen LogP contribution in [0.2, 0.25) is 0 Å². The topological polar surface area (TPSA) is 59.9 Å². The number of halogens is 1. The van der Waals surface area contributed by atoms with Crippen LogP contribution in [0.4, 0.5) is 0 Å². The zero-order valence-corrected chi connectivity index (χ0v) is 19.0. The summed E-state index contributed by atoms with van der Waals surface area (Å²) in [6.07, 6.45) is 2.36. The summed E-state index contributed by atoms with van der Waals surface area (Å²) in [7, 11) is 0. The van der Waals surface area contributed by atoms with Gasteiger partial charge in [-0.2, -0.15) is 0 Å². The number of hydrogen-bond acceptors (Lipinski definition) is 3. The summed E-state index contributed by atoms with van der Waals surface area (Å²) in [5.74, 6) is 0.804. The molecular weight excluding hydrogens is 451 g/mol. The van der Waals surface area contributed by atoms with Gasteiger partial charge in [-0.1, -0.05) is 42.5 Å². The van der Waals surface area contributed by atoms with E-state index in [1.807, 2.05) is 30.3 Å². The van der Waals surface area contributed by atoms with E-state index in [1.165, 1.54) is 5.57 Å². The molecule has 3 N–H and O–H groups in total. The Morgan fingerprint density at radius 2 is 1.96 bits per heavy atom. The minimum absolute atomic E-state index is 0. The van der Waals surface area contributed by atoms with Crippen molar-refractivity contribution in [2.75, 3.05) is 32.7 Å². The van der Waals surface area contributed by atoms with Crippen molar-refractivity contribution in [2.24, 2.45) is 4.99 Å². The van der Waals surface area contributed by atoms with Gasteiger partial charge in [0.2, 0.25) is 0 Å². The summed E-state index contributed by atoms with van der Waals surface area (Å²) < 4.78 is 0. The van der Waals surface area contributed by atoms with E-state index in [4.69, 9.17) is 0 Å². The summed E-state index contributed by atoms with van der Waals surface area (Å²) in [5.41, 5.74) is 2.36. The molecule has 1 aromatic carbocycles. The van der Waals surface area contributed by atoms with E-state index >= 15 is 0 Å². The van der Waals surface area contributed by atoms with Crippen LogP contribution in [0.5, 0.6) is 0 Å². The molecule has 0 spiro atoms. The van der Waals surface area contributed by atoms with E-state index in [2.05, 4.69) is 41.0 Å². The van der Waals surface area contributed by atoms with Crippen molar-refractivity contribution >= 4 is 29.9 Å². The second-order valence-electron chi connectivity index (χ2n) is 7.22. The third-order valence-corrected chi connectivity index (χ3v) is 4.54. The molecule has 1 aliphatic heterocycles. The Morgan fingerprint density at radius 3 is 2.56 bits per heavy atom. The third-order valence-electron chi connectivity index (χ3n) is 4.54. The number of hydrogen-bond donors (Lipinski definition) is 3. The first kappa shape index (κ1) is 23.9. The molecular formula is C21H35IN4O. The van der Waals surface area contributed by atoms with Crippen LogP contribution in [0.3, 0.4) is 0 Å². The minimum atomic E-state index is -0.467. The van der Waals surface area contributed by atoms with E-state index < -0.39 is 6.10 Å². The summed E-state index contributed by atoms with van der Waals surface area (Å²) >= 11 is 0. The molecule has 6 heteroatoms. The van der Waals surface area contributed by atoms with Crippen LogP contribution >= 0.6 is 24.0 Å². The first-order valence-electron chi connectivity index (χ1n) is 9.70. The maximum absolute atomic E-state index is 10.3. The first-order valence-corrected chi connectivity index (χ1v) is 9.70. The molecule has 0 amide bonds. The maximum Gasteiger partial charge on any atom is 0.191 e. The van der Waals surface area contributed by atoms with Gasteiger partial charge in [0.15, 0.2) is 5.96 Å². The summed E-state index contributed by atoms with van der Waals surface area (Å²) in [5, 5.41) is 17.1. The Hall–Kier alpha value is -1.12. The van der Waals surface area contributed by atoms with Crippen LogP contribution in [-0.2, 0) is 6.42 Å². The lowest BCUT2D eigenvalue weighted by Gasteiger charge is -2.33. The number of aliphatic hydroxyl groups excluding tert-OH is 1. The number of aliphatic hydroxyl groups is 1. The van der Waals surface area contributed by atoms with Crippen LogP contribution in [0.1, 0.15) is 32.3 Å². The fraction of sp³-hybridized carbons (Fsp3) is 0.571. The van der Waals surface area contributed by atoms with Crippen molar-refractivity contribution in [3.8, 4) is 0 Å². The molecule has 1 unspecified atom stereocenters. The van der Waals surface area contributed by atoms with Gasteiger partial charge in [0.05, 0.1) is 12.6 Å². The highest BCUT2D eigenvalue weighted by Crippen LogP contribution is 2.11. The van der Waals surface area contributed by atoms with Gasteiger partial charge in [0.25, 0.3) is 0 Å². The maximum atomic E-state index is 10.3. The molecule has 27 heavy (non-hydrogen) atoms. The van der Waals surface area contributed by atoms with Crippen LogP contribution in [0, 0.1) is 0 Å². The highest BCUT2D eigenvalue weighted by atomic mass is 127. The monoisotopic (exact) mass is 486 g/mol. The van der Waals surface area contributed by atoms with Crippen LogP contribution in [-0.4, -0.2) is 60.8 Å². The zero-order chi connectivity index (χ0) is 18.8. The highest BCUT2D eigenvalue weighted by Gasteiger charge is 2.19. The third kappa shape index (κ3) is 9.58. The highest BCUT2D eigenvalue weighted by molar-refractivity contribution is 14.0. The number of rotatable bonds is 8. The minimum Gasteiger partial charge on any atom is -0.391 e. The number of guanidine groups is 1. The zero-order valence-electron chi connectivity index (χ0n) is 16.7. The predicted octanol–water partition coefficient (Wildman–Crippen LogP) is 2.80. The molecule has 0 radical (unpaired) electrons. The van der Waals surface area contributed by atoms with Gasteiger partial charge >= 0.3 is 0 Å². The van der Waals surface area contributed by atoms with Crippen molar-refractivity contribution in [1.29, 1.82) is 0 Å². The van der Waals surface area contributed by atoms with Crippen LogP contribution < -0.4 is 10.6 Å². The van der Waals surface area contributed by atoms with Gasteiger partial charge in [-0.25, -0.2) is 0 Å². The molecule has 1 heterocycles. The number of nitrogens with zero attached hydrogens (tertiary/aromatic N) is 2. The molecule has 0 saturated carbocycles. The Balaban J connectivity index is 0.00000364. The van der Waals surface area contributed by atoms with Gasteiger partial charge in [-0.3, -0.25) is 9.89 Å².